The molecule has 1 aromatic heterocycles. The summed E-state index contributed by atoms with van der Waals surface area (Å²) in [4.78, 5) is 25.9. The molecule has 0 aliphatic rings. The molecule has 0 fully saturated rings. The molecule has 2 aromatic carbocycles. The highest BCUT2D eigenvalue weighted by Crippen LogP contribution is 2.27. The standard InChI is InChI=1S/C24H27ClN2O4/c1-15(2)26-23(29)12-27-22(18-5-4-6-19(25)9-18)10-17-7-8-20(11-21(17)24(27)30)31-14-16(3)13-28/h4-11,15-16,28H,12-14H2,1-3H3,(H,26,29). The quantitative estimate of drug-likeness (QED) is 0.555. The first-order valence-corrected chi connectivity index (χ1v) is 10.6. The fourth-order valence-corrected chi connectivity index (χ4v) is 3.45. The van der Waals surface area contributed by atoms with Crippen molar-refractivity contribution in [3.63, 3.8) is 0 Å². The smallest absolute Gasteiger partial charge is 0.259 e. The van der Waals surface area contributed by atoms with Gasteiger partial charge in [0.05, 0.1) is 17.7 Å². The molecule has 0 aliphatic carbocycles. The van der Waals surface area contributed by atoms with E-state index in [1.54, 1.807) is 24.3 Å². The molecular formula is C24H27ClN2O4. The zero-order valence-electron chi connectivity index (χ0n) is 17.9. The molecule has 3 rings (SSSR count). The Morgan fingerprint density at radius 1 is 1.16 bits per heavy atom. The Morgan fingerprint density at radius 2 is 1.94 bits per heavy atom. The predicted molar refractivity (Wildman–Crippen MR) is 124 cm³/mol. The average molecular weight is 443 g/mol. The van der Waals surface area contributed by atoms with Crippen LogP contribution in [0.4, 0.5) is 0 Å². The van der Waals surface area contributed by atoms with Gasteiger partial charge in [0.25, 0.3) is 5.56 Å². The van der Waals surface area contributed by atoms with E-state index in [1.165, 1.54) is 4.57 Å². The van der Waals surface area contributed by atoms with Gasteiger partial charge in [0, 0.05) is 23.6 Å². The molecule has 1 atom stereocenters. The van der Waals surface area contributed by atoms with E-state index in [1.807, 2.05) is 45.0 Å². The maximum absolute atomic E-state index is 13.4. The van der Waals surface area contributed by atoms with Crippen molar-refractivity contribution < 1.29 is 14.6 Å². The third kappa shape index (κ3) is 5.66. The lowest BCUT2D eigenvalue weighted by atomic mass is 10.1. The van der Waals surface area contributed by atoms with Gasteiger partial charge in [-0.3, -0.25) is 14.2 Å². The van der Waals surface area contributed by atoms with Crippen LogP contribution in [0.15, 0.2) is 53.3 Å². The van der Waals surface area contributed by atoms with Crippen LogP contribution in [0.3, 0.4) is 0 Å². The van der Waals surface area contributed by atoms with Crippen LogP contribution >= 0.6 is 11.6 Å². The predicted octanol–water partition coefficient (Wildman–Crippen LogP) is 3.85. The van der Waals surface area contributed by atoms with Crippen LogP contribution in [-0.4, -0.2) is 34.8 Å². The van der Waals surface area contributed by atoms with Gasteiger partial charge in [0.15, 0.2) is 0 Å². The number of ether oxygens (including phenoxy) is 1. The second kappa shape index (κ2) is 9.98. The molecule has 3 aromatic rings. The van der Waals surface area contributed by atoms with Crippen LogP contribution in [0.5, 0.6) is 5.75 Å². The number of halogens is 1. The summed E-state index contributed by atoms with van der Waals surface area (Å²) in [5.74, 6) is 0.278. The number of carbonyl (C=O) groups is 1. The molecule has 1 amide bonds. The van der Waals surface area contributed by atoms with Crippen molar-refractivity contribution in [2.45, 2.75) is 33.4 Å². The number of fused-ring (bicyclic) bond motifs is 1. The first-order chi connectivity index (χ1) is 14.8. The summed E-state index contributed by atoms with van der Waals surface area (Å²) < 4.78 is 7.19. The largest absolute Gasteiger partial charge is 0.493 e. The molecule has 0 radical (unpaired) electrons. The number of carbonyl (C=O) groups excluding carboxylic acids is 1. The average Bonchev–Trinajstić information content (AvgIpc) is 2.73. The highest BCUT2D eigenvalue weighted by molar-refractivity contribution is 6.30. The molecule has 7 heteroatoms. The second-order valence-electron chi connectivity index (χ2n) is 8.00. The van der Waals surface area contributed by atoms with Crippen molar-refractivity contribution >= 4 is 28.3 Å². The Labute approximate surface area is 186 Å². The van der Waals surface area contributed by atoms with E-state index in [-0.39, 0.29) is 36.6 Å². The second-order valence-corrected chi connectivity index (χ2v) is 8.44. The number of hydrogen-bond acceptors (Lipinski definition) is 4. The minimum atomic E-state index is -0.285. The minimum Gasteiger partial charge on any atom is -0.493 e. The summed E-state index contributed by atoms with van der Waals surface area (Å²) in [6.07, 6.45) is 0. The number of hydrogen-bond donors (Lipinski definition) is 2. The number of pyridine rings is 1. The molecule has 1 heterocycles. The van der Waals surface area contributed by atoms with E-state index < -0.39 is 0 Å². The Hall–Kier alpha value is -2.83. The number of aromatic nitrogens is 1. The lowest BCUT2D eigenvalue weighted by Gasteiger charge is -2.17. The van der Waals surface area contributed by atoms with Gasteiger partial charge in [0.2, 0.25) is 5.91 Å². The first-order valence-electron chi connectivity index (χ1n) is 10.2. The van der Waals surface area contributed by atoms with Gasteiger partial charge < -0.3 is 15.2 Å². The molecule has 1 unspecified atom stereocenters. The number of nitrogens with one attached hydrogen (secondary N) is 1. The molecule has 2 N–H and O–H groups in total. The van der Waals surface area contributed by atoms with Crippen molar-refractivity contribution in [3.05, 3.63) is 63.9 Å². The van der Waals surface area contributed by atoms with Crippen LogP contribution < -0.4 is 15.6 Å². The van der Waals surface area contributed by atoms with E-state index in [0.717, 1.165) is 10.9 Å². The minimum absolute atomic E-state index is 0.0164. The fraction of sp³-hybridized carbons (Fsp3) is 0.333. The number of amides is 1. The maximum atomic E-state index is 13.4. The molecule has 0 saturated carbocycles. The summed E-state index contributed by atoms with van der Waals surface area (Å²) in [5, 5.41) is 13.8. The van der Waals surface area contributed by atoms with Crippen molar-refractivity contribution in [1.29, 1.82) is 0 Å². The third-order valence-corrected chi connectivity index (χ3v) is 5.04. The number of rotatable bonds is 8. The SMILES string of the molecule is CC(CO)COc1ccc2cc(-c3cccc(Cl)c3)n(CC(=O)NC(C)C)c(=O)c2c1. The summed E-state index contributed by atoms with van der Waals surface area (Å²) in [7, 11) is 0. The molecule has 6 nitrogen and oxygen atoms in total. The highest BCUT2D eigenvalue weighted by Gasteiger charge is 2.16. The van der Waals surface area contributed by atoms with E-state index in [9.17, 15) is 14.7 Å². The zero-order chi connectivity index (χ0) is 22.5. The lowest BCUT2D eigenvalue weighted by Crippen LogP contribution is -2.36. The van der Waals surface area contributed by atoms with E-state index in [2.05, 4.69) is 5.32 Å². The maximum Gasteiger partial charge on any atom is 0.259 e. The Kier molecular flexibility index (Phi) is 7.36. The zero-order valence-corrected chi connectivity index (χ0v) is 18.6. The van der Waals surface area contributed by atoms with Gasteiger partial charge in [-0.05, 0) is 55.1 Å². The number of nitrogens with zero attached hydrogens (tertiary/aromatic N) is 1. The Morgan fingerprint density at radius 3 is 2.61 bits per heavy atom. The fourth-order valence-electron chi connectivity index (χ4n) is 3.26. The molecular weight excluding hydrogens is 416 g/mol. The van der Waals surface area contributed by atoms with Gasteiger partial charge in [0.1, 0.15) is 12.3 Å². The molecule has 0 aliphatic heterocycles. The van der Waals surface area contributed by atoms with Crippen LogP contribution in [-0.2, 0) is 11.3 Å². The van der Waals surface area contributed by atoms with Crippen molar-refractivity contribution in [1.82, 2.24) is 9.88 Å². The Bertz CT molecular complexity index is 1140. The number of aliphatic hydroxyl groups is 1. The first kappa shape index (κ1) is 22.8. The van der Waals surface area contributed by atoms with Crippen LogP contribution in [0, 0.1) is 5.92 Å². The highest BCUT2D eigenvalue weighted by atomic mass is 35.5. The monoisotopic (exact) mass is 442 g/mol. The van der Waals surface area contributed by atoms with Crippen molar-refractivity contribution in [3.8, 4) is 17.0 Å². The summed E-state index contributed by atoms with van der Waals surface area (Å²) in [6, 6.07) is 14.3. The van der Waals surface area contributed by atoms with Crippen LogP contribution in [0.25, 0.3) is 22.0 Å². The molecule has 0 saturated heterocycles. The van der Waals surface area contributed by atoms with Gasteiger partial charge in [-0.15, -0.1) is 0 Å². The summed E-state index contributed by atoms with van der Waals surface area (Å²) >= 11 is 6.17. The van der Waals surface area contributed by atoms with E-state index in [0.29, 0.717) is 28.5 Å². The normalized spacial score (nSPS) is 12.2. The number of benzene rings is 2. The lowest BCUT2D eigenvalue weighted by molar-refractivity contribution is -0.122. The topological polar surface area (TPSA) is 80.6 Å². The van der Waals surface area contributed by atoms with Gasteiger partial charge >= 0.3 is 0 Å². The molecule has 164 valence electrons. The van der Waals surface area contributed by atoms with Crippen LogP contribution in [0.2, 0.25) is 5.02 Å². The number of aliphatic hydroxyl groups excluding tert-OH is 1. The van der Waals surface area contributed by atoms with Gasteiger partial charge in [-0.2, -0.15) is 0 Å². The summed E-state index contributed by atoms with van der Waals surface area (Å²) in [6.45, 7) is 5.87. The van der Waals surface area contributed by atoms with Crippen molar-refractivity contribution in [2.24, 2.45) is 5.92 Å². The van der Waals surface area contributed by atoms with Crippen molar-refractivity contribution in [2.75, 3.05) is 13.2 Å². The van der Waals surface area contributed by atoms with Gasteiger partial charge in [-0.25, -0.2) is 0 Å². The van der Waals surface area contributed by atoms with Gasteiger partial charge in [-0.1, -0.05) is 36.7 Å². The molecule has 31 heavy (non-hydrogen) atoms. The molecule has 0 bridgehead atoms. The van der Waals surface area contributed by atoms with E-state index in [4.69, 9.17) is 16.3 Å². The Balaban J connectivity index is 2.11. The molecule has 0 spiro atoms. The third-order valence-electron chi connectivity index (χ3n) is 4.80. The van der Waals surface area contributed by atoms with Crippen LogP contribution in [0.1, 0.15) is 20.8 Å². The van der Waals surface area contributed by atoms with E-state index >= 15 is 0 Å². The summed E-state index contributed by atoms with van der Waals surface area (Å²) in [5.41, 5.74) is 1.08.